The van der Waals surface area contributed by atoms with Crippen LogP contribution in [0.1, 0.15) is 25.0 Å². The fourth-order valence-corrected chi connectivity index (χ4v) is 2.93. The van der Waals surface area contributed by atoms with Crippen LogP contribution in [0.5, 0.6) is 0 Å². The molecule has 116 valence electrons. The maximum atomic E-state index is 11.3. The van der Waals surface area contributed by atoms with Gasteiger partial charge in [-0.3, -0.25) is 10.1 Å². The molecule has 6 nitrogen and oxygen atoms in total. The molecule has 0 saturated carbocycles. The van der Waals surface area contributed by atoms with E-state index in [4.69, 9.17) is 0 Å². The number of nitro benzene ring substituents is 1. The van der Waals surface area contributed by atoms with Crippen molar-refractivity contribution in [1.29, 1.82) is 0 Å². The van der Waals surface area contributed by atoms with Crippen LogP contribution in [-0.2, 0) is 0 Å². The summed E-state index contributed by atoms with van der Waals surface area (Å²) in [6.45, 7) is 4.53. The van der Waals surface area contributed by atoms with Crippen LogP contribution in [0.15, 0.2) is 18.2 Å². The van der Waals surface area contributed by atoms with E-state index in [1.54, 1.807) is 19.1 Å². The minimum absolute atomic E-state index is 0.0576. The van der Waals surface area contributed by atoms with Gasteiger partial charge in [-0.05, 0) is 44.5 Å². The van der Waals surface area contributed by atoms with Gasteiger partial charge in [-0.2, -0.15) is 0 Å². The van der Waals surface area contributed by atoms with Crippen molar-refractivity contribution in [2.45, 2.75) is 19.4 Å². The lowest BCUT2D eigenvalue weighted by Gasteiger charge is -2.23. The van der Waals surface area contributed by atoms with E-state index in [0.717, 1.165) is 26.1 Å². The quantitative estimate of drug-likeness (QED) is 0.664. The van der Waals surface area contributed by atoms with Crippen LogP contribution in [0.3, 0.4) is 0 Å². The van der Waals surface area contributed by atoms with Gasteiger partial charge < -0.3 is 14.9 Å². The first-order valence-electron chi connectivity index (χ1n) is 7.24. The Hall–Kier alpha value is -1.66. The van der Waals surface area contributed by atoms with Gasteiger partial charge in [0.2, 0.25) is 0 Å². The van der Waals surface area contributed by atoms with Crippen LogP contribution in [-0.4, -0.2) is 48.7 Å². The minimum Gasteiger partial charge on any atom is -0.389 e. The number of likely N-dealkylation sites (tertiary alicyclic amines) is 1. The third-order valence-corrected chi connectivity index (χ3v) is 4.11. The fraction of sp³-hybridized carbons (Fsp3) is 0.600. The Kier molecular flexibility index (Phi) is 4.80. The number of hydrogen-bond donors (Lipinski definition) is 1. The number of benzene rings is 1. The summed E-state index contributed by atoms with van der Waals surface area (Å²) in [5.74, 6) is 0.538. The maximum Gasteiger partial charge on any atom is 0.292 e. The lowest BCUT2D eigenvalue weighted by Crippen LogP contribution is -2.27. The van der Waals surface area contributed by atoms with Gasteiger partial charge in [-0.25, -0.2) is 0 Å². The zero-order valence-corrected chi connectivity index (χ0v) is 12.8. The van der Waals surface area contributed by atoms with Crippen molar-refractivity contribution in [2.24, 2.45) is 5.92 Å². The highest BCUT2D eigenvalue weighted by molar-refractivity contribution is 5.64. The Bertz CT molecular complexity index is 519. The summed E-state index contributed by atoms with van der Waals surface area (Å²) in [6, 6.07) is 4.96. The van der Waals surface area contributed by atoms with Crippen LogP contribution in [0.4, 0.5) is 11.4 Å². The van der Waals surface area contributed by atoms with Crippen molar-refractivity contribution >= 4 is 11.4 Å². The molecule has 1 aliphatic heterocycles. The molecule has 0 spiro atoms. The van der Waals surface area contributed by atoms with E-state index in [2.05, 4.69) is 11.9 Å². The Labute approximate surface area is 125 Å². The van der Waals surface area contributed by atoms with Crippen LogP contribution >= 0.6 is 0 Å². The van der Waals surface area contributed by atoms with E-state index < -0.39 is 6.10 Å². The molecule has 1 aromatic carbocycles. The molecule has 6 heteroatoms. The summed E-state index contributed by atoms with van der Waals surface area (Å²) in [7, 11) is 3.99. The predicted octanol–water partition coefficient (Wildman–Crippen LogP) is 2.04. The molecule has 1 unspecified atom stereocenters. The molecule has 0 bridgehead atoms. The highest BCUT2D eigenvalue weighted by Crippen LogP contribution is 2.31. The van der Waals surface area contributed by atoms with E-state index in [1.165, 1.54) is 6.07 Å². The van der Waals surface area contributed by atoms with Crippen LogP contribution < -0.4 is 4.90 Å². The van der Waals surface area contributed by atoms with Crippen molar-refractivity contribution in [3.05, 3.63) is 33.9 Å². The van der Waals surface area contributed by atoms with Gasteiger partial charge in [-0.15, -0.1) is 0 Å². The van der Waals surface area contributed by atoms with Gasteiger partial charge in [0.05, 0.1) is 11.0 Å². The Balaban J connectivity index is 2.19. The van der Waals surface area contributed by atoms with Gasteiger partial charge in [0, 0.05) is 26.2 Å². The third-order valence-electron chi connectivity index (χ3n) is 4.11. The molecule has 2 atom stereocenters. The molecule has 1 heterocycles. The van der Waals surface area contributed by atoms with E-state index in [-0.39, 0.29) is 10.6 Å². The molecule has 1 saturated heterocycles. The Morgan fingerprint density at radius 1 is 1.57 bits per heavy atom. The normalized spacial score (nSPS) is 20.5. The zero-order valence-electron chi connectivity index (χ0n) is 12.8. The lowest BCUT2D eigenvalue weighted by atomic mass is 10.1. The Morgan fingerprint density at radius 3 is 2.81 bits per heavy atom. The summed E-state index contributed by atoms with van der Waals surface area (Å²) in [5.41, 5.74) is 1.24. The van der Waals surface area contributed by atoms with Gasteiger partial charge in [0.25, 0.3) is 5.69 Å². The molecular formula is C15H23N3O3. The zero-order chi connectivity index (χ0) is 15.6. The molecule has 1 aliphatic rings. The SMILES string of the molecule is C[C@@H](O)c1ccc(N(C)CC2CCN(C)C2)c([N+](=O)[O-])c1. The van der Waals surface area contributed by atoms with Crippen molar-refractivity contribution < 1.29 is 10.0 Å². The number of rotatable bonds is 5. The highest BCUT2D eigenvalue weighted by Gasteiger charge is 2.24. The second kappa shape index (κ2) is 6.41. The highest BCUT2D eigenvalue weighted by atomic mass is 16.6. The fourth-order valence-electron chi connectivity index (χ4n) is 2.93. The first-order chi connectivity index (χ1) is 9.88. The van der Waals surface area contributed by atoms with Gasteiger partial charge in [0.15, 0.2) is 0 Å². The number of anilines is 1. The van der Waals surface area contributed by atoms with E-state index >= 15 is 0 Å². The van der Waals surface area contributed by atoms with E-state index in [0.29, 0.717) is 17.2 Å². The average Bonchev–Trinajstić information content (AvgIpc) is 2.83. The molecule has 0 radical (unpaired) electrons. The summed E-state index contributed by atoms with van der Waals surface area (Å²) in [6.07, 6.45) is 0.423. The van der Waals surface area contributed by atoms with Crippen LogP contribution in [0.2, 0.25) is 0 Å². The largest absolute Gasteiger partial charge is 0.389 e. The second-order valence-electron chi connectivity index (χ2n) is 5.98. The number of nitrogens with zero attached hydrogens (tertiary/aromatic N) is 3. The first kappa shape index (κ1) is 15.7. The molecule has 1 N–H and O–H groups in total. The molecule has 1 fully saturated rings. The molecule has 0 amide bonds. The number of hydrogen-bond acceptors (Lipinski definition) is 5. The topological polar surface area (TPSA) is 69.8 Å². The van der Waals surface area contributed by atoms with Crippen LogP contribution in [0, 0.1) is 16.0 Å². The van der Waals surface area contributed by atoms with E-state index in [1.807, 2.05) is 11.9 Å². The van der Waals surface area contributed by atoms with Crippen molar-refractivity contribution in [3.63, 3.8) is 0 Å². The third kappa shape index (κ3) is 3.71. The van der Waals surface area contributed by atoms with Gasteiger partial charge in [-0.1, -0.05) is 6.07 Å². The molecule has 1 aromatic rings. The van der Waals surface area contributed by atoms with Crippen molar-refractivity contribution in [1.82, 2.24) is 4.90 Å². The maximum absolute atomic E-state index is 11.3. The second-order valence-corrected chi connectivity index (χ2v) is 5.98. The predicted molar refractivity (Wildman–Crippen MR) is 82.6 cm³/mol. The summed E-state index contributed by atoms with van der Waals surface area (Å²) >= 11 is 0. The molecule has 2 rings (SSSR count). The first-order valence-corrected chi connectivity index (χ1v) is 7.24. The molecular weight excluding hydrogens is 270 g/mol. The number of aliphatic hydroxyl groups is 1. The monoisotopic (exact) mass is 293 g/mol. The van der Waals surface area contributed by atoms with Crippen LogP contribution in [0.25, 0.3) is 0 Å². The summed E-state index contributed by atoms with van der Waals surface area (Å²) in [4.78, 5) is 15.1. The summed E-state index contributed by atoms with van der Waals surface area (Å²) < 4.78 is 0. The number of aliphatic hydroxyl groups excluding tert-OH is 1. The lowest BCUT2D eigenvalue weighted by molar-refractivity contribution is -0.384. The average molecular weight is 293 g/mol. The Morgan fingerprint density at radius 2 is 2.29 bits per heavy atom. The number of nitro groups is 1. The smallest absolute Gasteiger partial charge is 0.292 e. The molecule has 0 aromatic heterocycles. The molecule has 21 heavy (non-hydrogen) atoms. The van der Waals surface area contributed by atoms with Gasteiger partial charge >= 0.3 is 0 Å². The van der Waals surface area contributed by atoms with Crippen molar-refractivity contribution in [3.8, 4) is 0 Å². The summed E-state index contributed by atoms with van der Waals surface area (Å²) in [5, 5.41) is 20.9. The van der Waals surface area contributed by atoms with Crippen molar-refractivity contribution in [2.75, 3.05) is 38.6 Å². The molecule has 0 aliphatic carbocycles. The van der Waals surface area contributed by atoms with Gasteiger partial charge in [0.1, 0.15) is 5.69 Å². The standard InChI is InChI=1S/C15H23N3O3/c1-11(19)13-4-5-14(15(8-13)18(20)21)17(3)10-12-6-7-16(2)9-12/h4-5,8,11-12,19H,6-7,9-10H2,1-3H3/t11-,12?/m1/s1. The minimum atomic E-state index is -0.702. The van der Waals surface area contributed by atoms with E-state index in [9.17, 15) is 15.2 Å².